The normalized spacial score (nSPS) is 18.3. The number of fused-ring (bicyclic) bond motifs is 1. The van der Waals surface area contributed by atoms with Crippen molar-refractivity contribution in [1.29, 1.82) is 0 Å². The average Bonchev–Trinajstić information content (AvgIpc) is 2.65. The molecular formula is C19H24N2O4. The Kier molecular flexibility index (Phi) is 5.22. The molecule has 0 bridgehead atoms. The highest BCUT2D eigenvalue weighted by atomic mass is 16.3. The molecule has 0 spiro atoms. The van der Waals surface area contributed by atoms with Gasteiger partial charge in [-0.1, -0.05) is 24.3 Å². The van der Waals surface area contributed by atoms with Crippen LogP contribution in [0.5, 0.6) is 5.75 Å². The van der Waals surface area contributed by atoms with Crippen molar-refractivity contribution in [3.05, 3.63) is 42.0 Å². The van der Waals surface area contributed by atoms with E-state index in [-0.39, 0.29) is 17.7 Å². The van der Waals surface area contributed by atoms with E-state index in [1.54, 1.807) is 11.0 Å². The molecule has 1 heterocycles. The summed E-state index contributed by atoms with van der Waals surface area (Å²) in [6.07, 6.45) is 0.0315. The van der Waals surface area contributed by atoms with E-state index in [0.717, 1.165) is 16.3 Å². The van der Waals surface area contributed by atoms with Crippen molar-refractivity contribution in [2.45, 2.75) is 25.0 Å². The molecule has 2 aromatic carbocycles. The van der Waals surface area contributed by atoms with Crippen molar-refractivity contribution in [3.63, 3.8) is 0 Å². The SMILES string of the molecule is NC(c1cc2ccccc2cc1O)C1CCN(C(=O)C(O)CO)CC1. The second kappa shape index (κ2) is 7.39. The van der Waals surface area contributed by atoms with E-state index in [2.05, 4.69) is 0 Å². The smallest absolute Gasteiger partial charge is 0.253 e. The van der Waals surface area contributed by atoms with E-state index in [9.17, 15) is 15.0 Å². The molecule has 2 unspecified atom stereocenters. The largest absolute Gasteiger partial charge is 0.508 e. The average molecular weight is 344 g/mol. The van der Waals surface area contributed by atoms with Crippen LogP contribution in [-0.2, 0) is 4.79 Å². The molecule has 0 radical (unpaired) electrons. The van der Waals surface area contributed by atoms with Gasteiger partial charge in [0.1, 0.15) is 5.75 Å². The topological polar surface area (TPSA) is 107 Å². The summed E-state index contributed by atoms with van der Waals surface area (Å²) < 4.78 is 0. The Bertz CT molecular complexity index is 756. The third kappa shape index (κ3) is 3.61. The van der Waals surface area contributed by atoms with E-state index < -0.39 is 18.6 Å². The lowest BCUT2D eigenvalue weighted by Crippen LogP contribution is -2.46. The summed E-state index contributed by atoms with van der Waals surface area (Å²) in [6, 6.07) is 11.2. The van der Waals surface area contributed by atoms with Gasteiger partial charge in [0.05, 0.1) is 6.61 Å². The zero-order chi connectivity index (χ0) is 18.0. The van der Waals surface area contributed by atoms with Crippen LogP contribution in [-0.4, -0.2) is 51.9 Å². The van der Waals surface area contributed by atoms with Crippen LogP contribution in [0.4, 0.5) is 0 Å². The predicted molar refractivity (Wildman–Crippen MR) is 94.9 cm³/mol. The van der Waals surface area contributed by atoms with Crippen LogP contribution in [0.25, 0.3) is 10.8 Å². The van der Waals surface area contributed by atoms with Gasteiger partial charge in [-0.15, -0.1) is 0 Å². The lowest BCUT2D eigenvalue weighted by Gasteiger charge is -2.35. The molecule has 3 rings (SSSR count). The molecule has 1 fully saturated rings. The van der Waals surface area contributed by atoms with Crippen molar-refractivity contribution in [2.75, 3.05) is 19.7 Å². The Hall–Kier alpha value is -2.15. The van der Waals surface area contributed by atoms with Crippen LogP contribution < -0.4 is 5.73 Å². The first-order chi connectivity index (χ1) is 12.0. The molecule has 0 aliphatic carbocycles. The van der Waals surface area contributed by atoms with Gasteiger partial charge in [0, 0.05) is 24.7 Å². The first-order valence-electron chi connectivity index (χ1n) is 8.56. The zero-order valence-corrected chi connectivity index (χ0v) is 14.0. The van der Waals surface area contributed by atoms with Crippen LogP contribution >= 0.6 is 0 Å². The Morgan fingerprint density at radius 3 is 2.40 bits per heavy atom. The summed E-state index contributed by atoms with van der Waals surface area (Å²) in [5.74, 6) is -0.106. The Labute approximate surface area is 146 Å². The van der Waals surface area contributed by atoms with Crippen LogP contribution in [0.1, 0.15) is 24.4 Å². The van der Waals surface area contributed by atoms with Gasteiger partial charge in [-0.3, -0.25) is 4.79 Å². The molecule has 2 aromatic rings. The van der Waals surface area contributed by atoms with Crippen molar-refractivity contribution in [2.24, 2.45) is 11.7 Å². The number of amides is 1. The van der Waals surface area contributed by atoms with E-state index in [4.69, 9.17) is 10.8 Å². The maximum absolute atomic E-state index is 11.9. The van der Waals surface area contributed by atoms with Gasteiger partial charge < -0.3 is 26.0 Å². The number of benzene rings is 2. The zero-order valence-electron chi connectivity index (χ0n) is 14.0. The lowest BCUT2D eigenvalue weighted by atomic mass is 9.85. The number of carbonyl (C=O) groups is 1. The van der Waals surface area contributed by atoms with Crippen LogP contribution in [0.2, 0.25) is 0 Å². The van der Waals surface area contributed by atoms with E-state index >= 15 is 0 Å². The molecular weight excluding hydrogens is 320 g/mol. The fraction of sp³-hybridized carbons (Fsp3) is 0.421. The second-order valence-electron chi connectivity index (χ2n) is 6.65. The van der Waals surface area contributed by atoms with Crippen molar-refractivity contribution in [1.82, 2.24) is 4.90 Å². The summed E-state index contributed by atoms with van der Waals surface area (Å²) in [7, 11) is 0. The van der Waals surface area contributed by atoms with E-state index in [0.29, 0.717) is 25.9 Å². The molecule has 5 N–H and O–H groups in total. The number of piperidine rings is 1. The van der Waals surface area contributed by atoms with Crippen LogP contribution in [0.3, 0.4) is 0 Å². The Morgan fingerprint density at radius 2 is 1.80 bits per heavy atom. The molecule has 1 saturated heterocycles. The highest BCUT2D eigenvalue weighted by Crippen LogP contribution is 2.35. The minimum Gasteiger partial charge on any atom is -0.508 e. The first kappa shape index (κ1) is 17.7. The van der Waals surface area contributed by atoms with Crippen LogP contribution in [0, 0.1) is 5.92 Å². The van der Waals surface area contributed by atoms with Gasteiger partial charge in [-0.2, -0.15) is 0 Å². The molecule has 0 saturated carbocycles. The van der Waals surface area contributed by atoms with Crippen LogP contribution in [0.15, 0.2) is 36.4 Å². The number of phenolic OH excluding ortho intramolecular Hbond substituents is 1. The molecule has 1 aliphatic rings. The third-order valence-corrected chi connectivity index (χ3v) is 5.07. The van der Waals surface area contributed by atoms with Gasteiger partial charge in [0.2, 0.25) is 0 Å². The van der Waals surface area contributed by atoms with Gasteiger partial charge in [-0.25, -0.2) is 0 Å². The third-order valence-electron chi connectivity index (χ3n) is 5.07. The highest BCUT2D eigenvalue weighted by Gasteiger charge is 2.30. The lowest BCUT2D eigenvalue weighted by molar-refractivity contribution is -0.143. The van der Waals surface area contributed by atoms with E-state index in [1.165, 1.54) is 0 Å². The number of rotatable bonds is 4. The quantitative estimate of drug-likeness (QED) is 0.665. The molecule has 1 amide bonds. The number of nitrogens with two attached hydrogens (primary N) is 1. The van der Waals surface area contributed by atoms with Gasteiger partial charge in [0.25, 0.3) is 5.91 Å². The van der Waals surface area contributed by atoms with Crippen molar-refractivity contribution >= 4 is 16.7 Å². The highest BCUT2D eigenvalue weighted by molar-refractivity contribution is 5.85. The van der Waals surface area contributed by atoms with Crippen molar-refractivity contribution in [3.8, 4) is 5.75 Å². The maximum atomic E-state index is 11.9. The summed E-state index contributed by atoms with van der Waals surface area (Å²) in [6.45, 7) is 0.411. The minimum atomic E-state index is -1.35. The molecule has 0 aromatic heterocycles. The number of phenols is 1. The number of likely N-dealkylation sites (tertiary alicyclic amines) is 1. The van der Waals surface area contributed by atoms with E-state index in [1.807, 2.05) is 30.3 Å². The molecule has 2 atom stereocenters. The molecule has 25 heavy (non-hydrogen) atoms. The minimum absolute atomic E-state index is 0.141. The number of carbonyl (C=O) groups excluding carboxylic acids is 1. The summed E-state index contributed by atoms with van der Waals surface area (Å²) in [4.78, 5) is 13.5. The van der Waals surface area contributed by atoms with Gasteiger partial charge >= 0.3 is 0 Å². The van der Waals surface area contributed by atoms with Gasteiger partial charge in [0.15, 0.2) is 6.10 Å². The summed E-state index contributed by atoms with van der Waals surface area (Å²) in [5.41, 5.74) is 7.14. The fourth-order valence-electron chi connectivity index (χ4n) is 3.53. The number of aliphatic hydroxyl groups excluding tert-OH is 2. The second-order valence-corrected chi connectivity index (χ2v) is 6.65. The maximum Gasteiger partial charge on any atom is 0.253 e. The molecule has 6 heteroatoms. The Morgan fingerprint density at radius 1 is 1.20 bits per heavy atom. The monoisotopic (exact) mass is 344 g/mol. The van der Waals surface area contributed by atoms with Gasteiger partial charge in [-0.05, 0) is 41.7 Å². The number of nitrogens with zero attached hydrogens (tertiary/aromatic N) is 1. The molecule has 134 valence electrons. The summed E-state index contributed by atoms with van der Waals surface area (Å²) >= 11 is 0. The number of aliphatic hydroxyl groups is 2. The van der Waals surface area contributed by atoms with Crippen molar-refractivity contribution < 1.29 is 20.1 Å². The summed E-state index contributed by atoms with van der Waals surface area (Å²) in [5, 5.41) is 30.7. The first-order valence-corrected chi connectivity index (χ1v) is 8.56. The molecule has 1 aliphatic heterocycles. The standard InChI is InChI=1S/C19H24N2O4/c20-18(12-5-7-21(8-6-12)19(25)17(24)11-22)15-9-13-3-1-2-4-14(13)10-16(15)23/h1-4,9-10,12,17-18,22-24H,5-8,11,20H2. The predicted octanol–water partition coefficient (Wildman–Crippen LogP) is 1.14. The molecule has 6 nitrogen and oxygen atoms in total. The number of aromatic hydroxyl groups is 1. The fourth-order valence-corrected chi connectivity index (χ4v) is 3.53. The number of hydrogen-bond acceptors (Lipinski definition) is 5. The Balaban J connectivity index is 1.71. The number of hydrogen-bond donors (Lipinski definition) is 4.